The first-order valence-corrected chi connectivity index (χ1v) is 8.37. The number of thiophene rings is 1. The molecule has 2 heterocycles. The summed E-state index contributed by atoms with van der Waals surface area (Å²) < 4.78 is 28.9. The fraction of sp³-hybridized carbons (Fsp3) is 0.222. The van der Waals surface area contributed by atoms with Crippen LogP contribution in [0.25, 0.3) is 0 Å². The van der Waals surface area contributed by atoms with Crippen molar-refractivity contribution in [1.82, 2.24) is 14.5 Å². The maximum Gasteiger partial charge on any atom is 0.250 e. The van der Waals surface area contributed by atoms with Crippen molar-refractivity contribution < 1.29 is 8.42 Å². The van der Waals surface area contributed by atoms with Crippen molar-refractivity contribution in [3.63, 3.8) is 0 Å². The van der Waals surface area contributed by atoms with E-state index in [2.05, 4.69) is 25.8 Å². The molecule has 9 heteroatoms. The summed E-state index contributed by atoms with van der Waals surface area (Å²) in [6.45, 7) is 0.689. The van der Waals surface area contributed by atoms with Gasteiger partial charge in [-0.15, -0.1) is 11.3 Å². The largest absolute Gasteiger partial charge is 0.270 e. The number of aromatic nitrogens is 2. The molecule has 0 saturated heterocycles. The third kappa shape index (κ3) is 3.55. The zero-order chi connectivity index (χ0) is 13.2. The molecule has 2 rings (SSSR count). The normalized spacial score (nSPS) is 11.9. The quantitative estimate of drug-likeness (QED) is 0.878. The van der Waals surface area contributed by atoms with Crippen molar-refractivity contribution in [2.45, 2.75) is 10.8 Å². The SMILES string of the molecule is O=S(=O)(NCCn1cc(Cl)cn1)c1ccc(Br)s1. The van der Waals surface area contributed by atoms with Crippen LogP contribution in [0.2, 0.25) is 5.02 Å². The monoisotopic (exact) mass is 369 g/mol. The lowest BCUT2D eigenvalue weighted by molar-refractivity contribution is 0.562. The molecule has 18 heavy (non-hydrogen) atoms. The highest BCUT2D eigenvalue weighted by Crippen LogP contribution is 2.25. The van der Waals surface area contributed by atoms with Crippen LogP contribution in [-0.2, 0) is 16.6 Å². The van der Waals surface area contributed by atoms with Crippen LogP contribution in [0.5, 0.6) is 0 Å². The Labute approximate surface area is 122 Å². The molecule has 0 unspecified atom stereocenters. The molecule has 0 radical (unpaired) electrons. The highest BCUT2D eigenvalue weighted by atomic mass is 79.9. The van der Waals surface area contributed by atoms with E-state index in [4.69, 9.17) is 11.6 Å². The molecule has 0 saturated carbocycles. The Balaban J connectivity index is 1.93. The summed E-state index contributed by atoms with van der Waals surface area (Å²) >= 11 is 10.1. The van der Waals surface area contributed by atoms with E-state index >= 15 is 0 Å². The van der Waals surface area contributed by atoms with Gasteiger partial charge in [0.25, 0.3) is 0 Å². The van der Waals surface area contributed by atoms with Gasteiger partial charge in [-0.05, 0) is 28.1 Å². The van der Waals surface area contributed by atoms with E-state index in [0.717, 1.165) is 3.79 Å². The average Bonchev–Trinajstić information content (AvgIpc) is 2.88. The molecule has 0 aliphatic heterocycles. The predicted octanol–water partition coefficient (Wildman–Crippen LogP) is 2.34. The fourth-order valence-corrected chi connectivity index (χ4v) is 4.50. The molecule has 0 atom stereocenters. The average molecular weight is 371 g/mol. The van der Waals surface area contributed by atoms with Crippen molar-refractivity contribution in [3.05, 3.63) is 33.3 Å². The van der Waals surface area contributed by atoms with Crippen LogP contribution < -0.4 is 4.72 Å². The molecule has 0 spiro atoms. The van der Waals surface area contributed by atoms with Gasteiger partial charge in [-0.3, -0.25) is 4.68 Å². The minimum absolute atomic E-state index is 0.260. The van der Waals surface area contributed by atoms with E-state index in [1.165, 1.54) is 17.5 Å². The molecular formula is C9H9BrClN3O2S2. The first-order valence-electron chi connectivity index (χ1n) is 4.90. The number of hydrogen-bond acceptors (Lipinski definition) is 4. The van der Waals surface area contributed by atoms with Crippen molar-refractivity contribution >= 4 is 48.9 Å². The lowest BCUT2D eigenvalue weighted by Gasteiger charge is -2.04. The maximum absolute atomic E-state index is 11.9. The number of halogens is 2. The van der Waals surface area contributed by atoms with Crippen molar-refractivity contribution in [2.24, 2.45) is 0 Å². The minimum Gasteiger partial charge on any atom is -0.270 e. The lowest BCUT2D eigenvalue weighted by atomic mass is 10.6. The van der Waals surface area contributed by atoms with Gasteiger partial charge in [0.05, 0.1) is 21.6 Å². The number of sulfonamides is 1. The van der Waals surface area contributed by atoms with E-state index in [1.807, 2.05) is 0 Å². The summed E-state index contributed by atoms with van der Waals surface area (Å²) in [6, 6.07) is 3.26. The second kappa shape index (κ2) is 5.70. The van der Waals surface area contributed by atoms with E-state index in [0.29, 0.717) is 11.6 Å². The topological polar surface area (TPSA) is 64.0 Å². The Morgan fingerprint density at radius 2 is 2.28 bits per heavy atom. The van der Waals surface area contributed by atoms with Gasteiger partial charge in [-0.1, -0.05) is 11.6 Å². The van der Waals surface area contributed by atoms with Crippen molar-refractivity contribution in [3.8, 4) is 0 Å². The predicted molar refractivity (Wildman–Crippen MR) is 74.4 cm³/mol. The van der Waals surface area contributed by atoms with Gasteiger partial charge in [0.15, 0.2) is 0 Å². The maximum atomic E-state index is 11.9. The molecule has 98 valence electrons. The summed E-state index contributed by atoms with van der Waals surface area (Å²) in [7, 11) is -3.44. The van der Waals surface area contributed by atoms with Crippen molar-refractivity contribution in [1.29, 1.82) is 0 Å². The van der Waals surface area contributed by atoms with Gasteiger partial charge in [0, 0.05) is 12.7 Å². The van der Waals surface area contributed by atoms with Crippen LogP contribution in [-0.4, -0.2) is 24.7 Å². The molecule has 2 aromatic rings. The second-order valence-corrected chi connectivity index (χ2v) is 8.27. The minimum atomic E-state index is -3.44. The van der Waals surface area contributed by atoms with E-state index < -0.39 is 10.0 Å². The third-order valence-electron chi connectivity index (χ3n) is 2.05. The highest BCUT2D eigenvalue weighted by Gasteiger charge is 2.15. The summed E-state index contributed by atoms with van der Waals surface area (Å²) in [4.78, 5) is 0. The van der Waals surface area contributed by atoms with E-state index in [1.54, 1.807) is 23.0 Å². The smallest absolute Gasteiger partial charge is 0.250 e. The Kier molecular flexibility index (Phi) is 4.44. The molecule has 0 aromatic carbocycles. The molecule has 2 aromatic heterocycles. The zero-order valence-corrected chi connectivity index (χ0v) is 13.0. The van der Waals surface area contributed by atoms with E-state index in [-0.39, 0.29) is 10.8 Å². The van der Waals surface area contributed by atoms with Gasteiger partial charge < -0.3 is 0 Å². The molecule has 0 aliphatic rings. The van der Waals surface area contributed by atoms with Gasteiger partial charge in [0.1, 0.15) is 4.21 Å². The summed E-state index contributed by atoms with van der Waals surface area (Å²) in [6.07, 6.45) is 3.14. The summed E-state index contributed by atoms with van der Waals surface area (Å²) in [5, 5.41) is 4.49. The zero-order valence-electron chi connectivity index (χ0n) is 9.01. The summed E-state index contributed by atoms with van der Waals surface area (Å²) in [5.41, 5.74) is 0. The number of rotatable bonds is 5. The Bertz CT molecular complexity index is 638. The lowest BCUT2D eigenvalue weighted by Crippen LogP contribution is -2.26. The standard InChI is InChI=1S/C9H9BrClN3O2S2/c10-8-1-2-9(17-8)18(15,16)13-3-4-14-6-7(11)5-12-14/h1-2,5-6,13H,3-4H2. The summed E-state index contributed by atoms with van der Waals surface area (Å²) in [5.74, 6) is 0. The Hall–Kier alpha value is -0.410. The Morgan fingerprint density at radius 3 is 2.83 bits per heavy atom. The van der Waals surface area contributed by atoms with Crippen LogP contribution in [0, 0.1) is 0 Å². The van der Waals surface area contributed by atoms with Crippen molar-refractivity contribution in [2.75, 3.05) is 6.54 Å². The molecule has 5 nitrogen and oxygen atoms in total. The first-order chi connectivity index (χ1) is 8.47. The first kappa shape index (κ1) is 14.0. The van der Waals surface area contributed by atoms with Crippen LogP contribution in [0.15, 0.2) is 32.5 Å². The van der Waals surface area contributed by atoms with Crippen LogP contribution >= 0.6 is 38.9 Å². The van der Waals surface area contributed by atoms with Crippen LogP contribution in [0.4, 0.5) is 0 Å². The molecule has 1 N–H and O–H groups in total. The number of nitrogens with one attached hydrogen (secondary N) is 1. The number of hydrogen-bond donors (Lipinski definition) is 1. The van der Waals surface area contributed by atoms with Crippen LogP contribution in [0.1, 0.15) is 0 Å². The van der Waals surface area contributed by atoms with Gasteiger partial charge >= 0.3 is 0 Å². The molecular weight excluding hydrogens is 362 g/mol. The Morgan fingerprint density at radius 1 is 1.50 bits per heavy atom. The van der Waals surface area contributed by atoms with Gasteiger partial charge in [-0.25, -0.2) is 13.1 Å². The van der Waals surface area contributed by atoms with E-state index in [9.17, 15) is 8.42 Å². The van der Waals surface area contributed by atoms with Gasteiger partial charge in [-0.2, -0.15) is 5.10 Å². The molecule has 0 aliphatic carbocycles. The number of nitrogens with zero attached hydrogens (tertiary/aromatic N) is 2. The highest BCUT2D eigenvalue weighted by molar-refractivity contribution is 9.11. The van der Waals surface area contributed by atoms with Gasteiger partial charge in [0.2, 0.25) is 10.0 Å². The molecule has 0 fully saturated rings. The molecule has 0 amide bonds. The van der Waals surface area contributed by atoms with Crippen LogP contribution in [0.3, 0.4) is 0 Å². The second-order valence-electron chi connectivity index (χ2n) is 3.38. The molecule has 0 bridgehead atoms. The fourth-order valence-electron chi connectivity index (χ4n) is 1.27. The third-order valence-corrected chi connectivity index (χ3v) is 5.82.